The number of carbonyl (C=O) groups is 1. The molecule has 0 aliphatic carbocycles. The largest absolute Gasteiger partial charge is 0.472 e. The molecule has 3 aliphatic heterocycles. The summed E-state index contributed by atoms with van der Waals surface area (Å²) in [6.45, 7) is 6.27. The van der Waals surface area contributed by atoms with Gasteiger partial charge in [-0.05, 0) is 50.6 Å². The van der Waals surface area contributed by atoms with Crippen LogP contribution >= 0.6 is 11.3 Å². The van der Waals surface area contributed by atoms with E-state index in [9.17, 15) is 26.7 Å². The molecule has 9 nitrogen and oxygen atoms in total. The van der Waals surface area contributed by atoms with Crippen LogP contribution in [-0.4, -0.2) is 80.8 Å². The second-order valence-electron chi connectivity index (χ2n) is 12.5. The van der Waals surface area contributed by atoms with Gasteiger partial charge < -0.3 is 20.1 Å². The minimum absolute atomic E-state index is 0.0355. The third kappa shape index (κ3) is 5.47. The number of anilines is 1. The number of aromatic nitrogens is 3. The summed E-state index contributed by atoms with van der Waals surface area (Å²) >= 11 is 0.720. The van der Waals surface area contributed by atoms with E-state index < -0.39 is 57.7 Å². The predicted molar refractivity (Wildman–Crippen MR) is 166 cm³/mol. The fourth-order valence-corrected chi connectivity index (χ4v) is 8.08. The Labute approximate surface area is 274 Å². The molecule has 2 aromatic carbocycles. The molecule has 0 saturated carbocycles. The van der Waals surface area contributed by atoms with Gasteiger partial charge in [0.05, 0.1) is 33.2 Å². The minimum atomic E-state index is -5.09. The number of hydrogen-bond acceptors (Lipinski definition) is 9. The number of nitrogen functional groups attached to an aromatic ring is 1. The number of ether oxygens (including phenoxy) is 2. The van der Waals surface area contributed by atoms with Gasteiger partial charge in [0.15, 0.2) is 10.9 Å². The van der Waals surface area contributed by atoms with Crippen molar-refractivity contribution < 1.29 is 40.6 Å². The summed E-state index contributed by atoms with van der Waals surface area (Å²) in [4.78, 5) is 28.4. The van der Waals surface area contributed by atoms with Crippen LogP contribution in [0.5, 0.6) is 11.9 Å². The van der Waals surface area contributed by atoms with Crippen molar-refractivity contribution in [1.82, 2.24) is 24.8 Å². The van der Waals surface area contributed by atoms with Gasteiger partial charge in [0.25, 0.3) is 0 Å². The van der Waals surface area contributed by atoms with Crippen molar-refractivity contribution >= 4 is 43.5 Å². The van der Waals surface area contributed by atoms with Crippen molar-refractivity contribution in [2.45, 2.75) is 62.6 Å². The summed E-state index contributed by atoms with van der Waals surface area (Å²) in [5.74, 6) is -2.89. The lowest BCUT2D eigenvalue weighted by Gasteiger charge is -2.30. The van der Waals surface area contributed by atoms with Gasteiger partial charge in [0.1, 0.15) is 30.2 Å². The molecule has 0 radical (unpaired) electrons. The zero-order chi connectivity index (χ0) is 34.1. The summed E-state index contributed by atoms with van der Waals surface area (Å²) in [5.41, 5.74) is 1.73. The summed E-state index contributed by atoms with van der Waals surface area (Å²) in [5, 5.41) is -0.504. The highest BCUT2D eigenvalue weighted by molar-refractivity contribution is 7.22. The number of likely N-dealkylation sites (tertiary alicyclic amines) is 1. The highest BCUT2D eigenvalue weighted by atomic mass is 32.1. The molecule has 16 heteroatoms. The summed E-state index contributed by atoms with van der Waals surface area (Å²) in [6, 6.07) is 1.96. The number of halogens is 6. The van der Waals surface area contributed by atoms with Crippen LogP contribution in [0.3, 0.4) is 0 Å². The Morgan fingerprint density at radius 1 is 1.21 bits per heavy atom. The van der Waals surface area contributed by atoms with Gasteiger partial charge >= 0.3 is 12.2 Å². The van der Waals surface area contributed by atoms with E-state index in [1.54, 1.807) is 6.92 Å². The lowest BCUT2D eigenvalue weighted by molar-refractivity contribution is -0.137. The van der Waals surface area contributed by atoms with Gasteiger partial charge in [-0.25, -0.2) is 18.2 Å². The quantitative estimate of drug-likeness (QED) is 0.178. The van der Waals surface area contributed by atoms with E-state index >= 15 is 4.39 Å². The number of carbonyl (C=O) groups excluding carboxylic acids is 1. The first kappa shape index (κ1) is 32.4. The van der Waals surface area contributed by atoms with Crippen LogP contribution in [0.2, 0.25) is 0 Å². The van der Waals surface area contributed by atoms with Gasteiger partial charge in [-0.2, -0.15) is 23.1 Å². The van der Waals surface area contributed by atoms with Crippen LogP contribution in [0.15, 0.2) is 30.9 Å². The molecule has 5 heterocycles. The second kappa shape index (κ2) is 11.8. The number of alkyl halides is 4. The van der Waals surface area contributed by atoms with E-state index in [2.05, 4.69) is 21.5 Å². The third-order valence-electron chi connectivity index (χ3n) is 9.47. The summed E-state index contributed by atoms with van der Waals surface area (Å²) in [7, 11) is 0. The standard InChI is InChI=1S/C32H30F6N6O3S/c1-3-22(45)44-13-17(9-15(44)2)47-28-19-10-20(32(36,37)38)23(18-5-6-21(34)27-26(18)40-29(39)48-27)24(35)25(19)41-30(42-28)46-14-31-7-4-8-43(31)12-16(33)11-31/h3,5-6,10,15-17H,1,4,7-9,11-14H2,2H3,(H2,39,40)/t15-,16-,17-,31+/m1/s1. The highest BCUT2D eigenvalue weighted by Gasteiger charge is 2.49. The Morgan fingerprint density at radius 3 is 2.75 bits per heavy atom. The lowest BCUT2D eigenvalue weighted by Crippen LogP contribution is -2.43. The molecule has 3 saturated heterocycles. The van der Waals surface area contributed by atoms with Gasteiger partial charge in [0.2, 0.25) is 11.8 Å². The number of fused-ring (bicyclic) bond motifs is 3. The van der Waals surface area contributed by atoms with E-state index in [1.807, 2.05) is 4.90 Å². The molecule has 254 valence electrons. The van der Waals surface area contributed by atoms with Crippen molar-refractivity contribution in [1.29, 1.82) is 0 Å². The van der Waals surface area contributed by atoms with E-state index in [1.165, 1.54) is 4.90 Å². The third-order valence-corrected chi connectivity index (χ3v) is 10.4. The van der Waals surface area contributed by atoms with Crippen LogP contribution < -0.4 is 15.2 Å². The molecule has 48 heavy (non-hydrogen) atoms. The number of nitrogens with two attached hydrogens (primary N) is 1. The molecule has 4 atom stereocenters. The van der Waals surface area contributed by atoms with Crippen molar-refractivity contribution in [3.05, 3.63) is 48.1 Å². The molecule has 0 unspecified atom stereocenters. The van der Waals surface area contributed by atoms with E-state index in [-0.39, 0.29) is 70.9 Å². The Bertz CT molecular complexity index is 1960. The minimum Gasteiger partial charge on any atom is -0.472 e. The Kier molecular flexibility index (Phi) is 7.93. The molecule has 3 fully saturated rings. The maximum atomic E-state index is 16.8. The Hall–Kier alpha value is -4.18. The monoisotopic (exact) mass is 692 g/mol. The topological polar surface area (TPSA) is 107 Å². The molecule has 2 N–H and O–H groups in total. The molecular formula is C32H30F6N6O3S. The van der Waals surface area contributed by atoms with E-state index in [0.717, 1.165) is 36.0 Å². The molecule has 0 spiro atoms. The number of rotatable bonds is 7. The maximum absolute atomic E-state index is 16.8. The van der Waals surface area contributed by atoms with Crippen LogP contribution in [0, 0.1) is 11.6 Å². The van der Waals surface area contributed by atoms with Crippen molar-refractivity contribution in [3.63, 3.8) is 0 Å². The predicted octanol–water partition coefficient (Wildman–Crippen LogP) is 6.30. The van der Waals surface area contributed by atoms with Gasteiger partial charge in [-0.15, -0.1) is 0 Å². The van der Waals surface area contributed by atoms with Crippen LogP contribution in [0.25, 0.3) is 32.2 Å². The molecule has 2 aromatic heterocycles. The number of thiazole rings is 1. The average Bonchev–Trinajstić information content (AvgIpc) is 3.78. The van der Waals surface area contributed by atoms with E-state index in [0.29, 0.717) is 25.5 Å². The SMILES string of the molecule is C=CC(=O)N1C[C@H](Oc2nc(OC[C@@]34CCCN3C[C@H](F)C4)nc3c(F)c(-c4ccc(F)c5sc(N)nc45)c(C(F)(F)F)cc23)C[C@H]1C. The second-order valence-corrected chi connectivity index (χ2v) is 13.6. The first-order valence-electron chi connectivity index (χ1n) is 15.4. The molecule has 0 bridgehead atoms. The smallest absolute Gasteiger partial charge is 0.417 e. The van der Waals surface area contributed by atoms with Crippen LogP contribution in [0.4, 0.5) is 31.5 Å². The molecular weight excluding hydrogens is 662 g/mol. The van der Waals surface area contributed by atoms with Gasteiger partial charge in [0, 0.05) is 36.6 Å². The molecule has 1 amide bonds. The fourth-order valence-electron chi connectivity index (χ4n) is 7.31. The van der Waals surface area contributed by atoms with Crippen LogP contribution in [-0.2, 0) is 11.0 Å². The normalized spacial score (nSPS) is 24.5. The van der Waals surface area contributed by atoms with Crippen molar-refractivity contribution in [2.75, 3.05) is 32.0 Å². The lowest BCUT2D eigenvalue weighted by atomic mass is 9.95. The number of hydrogen-bond donors (Lipinski definition) is 1. The van der Waals surface area contributed by atoms with Crippen molar-refractivity contribution in [2.24, 2.45) is 0 Å². The Morgan fingerprint density at radius 2 is 2.00 bits per heavy atom. The Balaban J connectivity index is 1.38. The molecule has 4 aromatic rings. The summed E-state index contributed by atoms with van der Waals surface area (Å²) < 4.78 is 102. The number of benzene rings is 2. The zero-order valence-corrected chi connectivity index (χ0v) is 26.4. The number of amides is 1. The summed E-state index contributed by atoms with van der Waals surface area (Å²) in [6.07, 6.45) is -3.70. The van der Waals surface area contributed by atoms with Crippen LogP contribution in [0.1, 0.15) is 38.2 Å². The molecule has 7 rings (SSSR count). The van der Waals surface area contributed by atoms with Gasteiger partial charge in [-0.3, -0.25) is 9.69 Å². The zero-order valence-electron chi connectivity index (χ0n) is 25.6. The van der Waals surface area contributed by atoms with Gasteiger partial charge in [-0.1, -0.05) is 17.9 Å². The first-order chi connectivity index (χ1) is 22.8. The maximum Gasteiger partial charge on any atom is 0.417 e. The average molecular weight is 693 g/mol. The fraction of sp³-hybridized carbons (Fsp3) is 0.438. The van der Waals surface area contributed by atoms with E-state index in [4.69, 9.17) is 15.2 Å². The van der Waals surface area contributed by atoms with Crippen molar-refractivity contribution in [3.8, 4) is 23.0 Å². The number of nitrogens with zero attached hydrogens (tertiary/aromatic N) is 5. The first-order valence-corrected chi connectivity index (χ1v) is 16.2. The molecule has 3 aliphatic rings. The highest BCUT2D eigenvalue weighted by Crippen LogP contribution is 2.46.